The van der Waals surface area contributed by atoms with Crippen molar-refractivity contribution in [3.63, 3.8) is 0 Å². The predicted octanol–water partition coefficient (Wildman–Crippen LogP) is 2.55. The van der Waals surface area contributed by atoms with Gasteiger partial charge in [-0.15, -0.1) is 0 Å². The molecule has 2 aromatic carbocycles. The van der Waals surface area contributed by atoms with E-state index in [9.17, 15) is 17.6 Å². The maximum Gasteiger partial charge on any atom is 0.252 e. The molecule has 0 fully saturated rings. The minimum Gasteiger partial charge on any atom is -0.396 e. The Morgan fingerprint density at radius 2 is 1.89 bits per heavy atom. The normalized spacial score (nSPS) is 12.0. The molecular formula is C20H21FN2O4S. The molecule has 3 aromatic rings. The highest BCUT2D eigenvalue weighted by atomic mass is 32.2. The third-order valence-electron chi connectivity index (χ3n) is 4.45. The fourth-order valence-corrected chi connectivity index (χ4v) is 4.51. The molecule has 0 atom stereocenters. The number of nitrogens with one attached hydrogen (secondary N) is 1. The lowest BCUT2D eigenvalue weighted by molar-refractivity contribution is 0.267. The highest BCUT2D eigenvalue weighted by Gasteiger charge is 2.27. The molecule has 148 valence electrons. The number of hydrogen-bond donors (Lipinski definition) is 2. The first-order valence-corrected chi connectivity index (χ1v) is 10.2. The molecule has 0 aliphatic rings. The first-order chi connectivity index (χ1) is 13.3. The van der Waals surface area contributed by atoms with Crippen molar-refractivity contribution in [3.05, 3.63) is 75.8 Å². The summed E-state index contributed by atoms with van der Waals surface area (Å²) in [4.78, 5) is 14.8. The number of aliphatic hydroxyl groups excluding tert-OH is 1. The summed E-state index contributed by atoms with van der Waals surface area (Å²) in [6.07, 6.45) is 0.165. The van der Waals surface area contributed by atoms with Gasteiger partial charge < -0.3 is 10.1 Å². The maximum absolute atomic E-state index is 14.1. The van der Waals surface area contributed by atoms with Crippen molar-refractivity contribution < 1.29 is 17.9 Å². The van der Waals surface area contributed by atoms with Gasteiger partial charge in [0.1, 0.15) is 10.7 Å². The number of H-pyrrole nitrogens is 1. The van der Waals surface area contributed by atoms with E-state index < -0.39 is 26.3 Å². The van der Waals surface area contributed by atoms with Crippen LogP contribution in [0.5, 0.6) is 0 Å². The fraction of sp³-hybridized carbons (Fsp3) is 0.250. The van der Waals surface area contributed by atoms with E-state index in [0.29, 0.717) is 5.52 Å². The van der Waals surface area contributed by atoms with E-state index in [4.69, 9.17) is 5.11 Å². The average molecular weight is 404 g/mol. The van der Waals surface area contributed by atoms with Crippen molar-refractivity contribution >= 4 is 20.9 Å². The van der Waals surface area contributed by atoms with Crippen LogP contribution in [0.4, 0.5) is 4.39 Å². The summed E-state index contributed by atoms with van der Waals surface area (Å²) >= 11 is 0. The minimum atomic E-state index is -4.18. The molecule has 2 N–H and O–H groups in total. The summed E-state index contributed by atoms with van der Waals surface area (Å²) in [5, 5.41) is 9.90. The molecule has 1 heterocycles. The van der Waals surface area contributed by atoms with Gasteiger partial charge in [0.15, 0.2) is 0 Å². The fourth-order valence-electron chi connectivity index (χ4n) is 2.99. The number of fused-ring (bicyclic) bond motifs is 1. The van der Waals surface area contributed by atoms with Gasteiger partial charge in [0.05, 0.1) is 0 Å². The van der Waals surface area contributed by atoms with Crippen molar-refractivity contribution in [2.75, 3.05) is 13.2 Å². The molecule has 0 saturated carbocycles. The van der Waals surface area contributed by atoms with Gasteiger partial charge in [-0.2, -0.15) is 4.31 Å². The lowest BCUT2D eigenvalue weighted by Crippen LogP contribution is -2.34. The highest BCUT2D eigenvalue weighted by Crippen LogP contribution is 2.22. The SMILES string of the molecule is Cc1ccc2cc(CN(CCCO)S(=O)(=O)c3ccccc3F)c(=O)[nH]c2c1. The highest BCUT2D eigenvalue weighted by molar-refractivity contribution is 7.89. The molecule has 0 bridgehead atoms. The number of halogens is 1. The summed E-state index contributed by atoms with van der Waals surface area (Å²) in [7, 11) is -4.18. The van der Waals surface area contributed by atoms with E-state index in [1.807, 2.05) is 25.1 Å². The van der Waals surface area contributed by atoms with E-state index in [1.54, 1.807) is 6.07 Å². The Balaban J connectivity index is 2.03. The van der Waals surface area contributed by atoms with Crippen LogP contribution >= 0.6 is 0 Å². The van der Waals surface area contributed by atoms with Gasteiger partial charge >= 0.3 is 0 Å². The van der Waals surface area contributed by atoms with E-state index in [-0.39, 0.29) is 31.7 Å². The van der Waals surface area contributed by atoms with Gasteiger partial charge in [0.25, 0.3) is 5.56 Å². The zero-order chi connectivity index (χ0) is 20.3. The Hall–Kier alpha value is -2.55. The number of aromatic nitrogens is 1. The van der Waals surface area contributed by atoms with Crippen LogP contribution in [0.2, 0.25) is 0 Å². The second-order valence-corrected chi connectivity index (χ2v) is 8.47. The molecule has 8 heteroatoms. The molecule has 0 radical (unpaired) electrons. The first kappa shape index (κ1) is 20.2. The summed E-state index contributed by atoms with van der Waals surface area (Å²) in [6.45, 7) is 1.41. The molecule has 6 nitrogen and oxygen atoms in total. The lowest BCUT2D eigenvalue weighted by atomic mass is 10.1. The van der Waals surface area contributed by atoms with Crippen LogP contribution in [0.1, 0.15) is 17.5 Å². The molecule has 0 aliphatic heterocycles. The minimum absolute atomic E-state index is 0.0431. The number of rotatable bonds is 7. The van der Waals surface area contributed by atoms with E-state index in [2.05, 4.69) is 4.98 Å². The van der Waals surface area contributed by atoms with Gasteiger partial charge in [0.2, 0.25) is 10.0 Å². The Bertz CT molecular complexity index is 1160. The molecule has 0 saturated heterocycles. The lowest BCUT2D eigenvalue weighted by Gasteiger charge is -2.22. The van der Waals surface area contributed by atoms with Crippen LogP contribution in [-0.4, -0.2) is 36.0 Å². The zero-order valence-corrected chi connectivity index (χ0v) is 16.2. The summed E-state index contributed by atoms with van der Waals surface area (Å²) < 4.78 is 41.1. The van der Waals surface area contributed by atoms with E-state index in [0.717, 1.165) is 21.3 Å². The number of aryl methyl sites for hydroxylation is 1. The summed E-state index contributed by atoms with van der Waals surface area (Å²) in [5.41, 5.74) is 1.49. The Kier molecular flexibility index (Phi) is 5.93. The second kappa shape index (κ2) is 8.22. The van der Waals surface area contributed by atoms with E-state index in [1.165, 1.54) is 18.2 Å². The smallest absolute Gasteiger partial charge is 0.252 e. The number of aromatic amines is 1. The van der Waals surface area contributed by atoms with Gasteiger partial charge in [0, 0.05) is 30.8 Å². The summed E-state index contributed by atoms with van der Waals surface area (Å²) in [6, 6.07) is 12.3. The summed E-state index contributed by atoms with van der Waals surface area (Å²) in [5.74, 6) is -0.862. The monoisotopic (exact) mass is 404 g/mol. The molecule has 0 spiro atoms. The quantitative estimate of drug-likeness (QED) is 0.633. The predicted molar refractivity (Wildman–Crippen MR) is 105 cm³/mol. The maximum atomic E-state index is 14.1. The van der Waals surface area contributed by atoms with Crippen molar-refractivity contribution in [2.24, 2.45) is 0 Å². The Morgan fingerprint density at radius 1 is 1.14 bits per heavy atom. The number of aliphatic hydroxyl groups is 1. The Labute approximate surface area is 162 Å². The van der Waals surface area contributed by atoms with Crippen molar-refractivity contribution in [2.45, 2.75) is 24.8 Å². The molecule has 3 rings (SSSR count). The molecule has 0 amide bonds. The van der Waals surface area contributed by atoms with Gasteiger partial charge in [-0.1, -0.05) is 24.3 Å². The van der Waals surface area contributed by atoms with E-state index >= 15 is 0 Å². The van der Waals surface area contributed by atoms with Gasteiger partial charge in [-0.25, -0.2) is 12.8 Å². The van der Waals surface area contributed by atoms with Crippen LogP contribution in [0.15, 0.2) is 58.2 Å². The largest absolute Gasteiger partial charge is 0.396 e. The Morgan fingerprint density at radius 3 is 2.61 bits per heavy atom. The van der Waals surface area contributed by atoms with Crippen molar-refractivity contribution in [1.82, 2.24) is 9.29 Å². The standard InChI is InChI=1S/C20H21FN2O4S/c1-14-7-8-15-12-16(20(25)22-18(15)11-14)13-23(9-4-10-24)28(26,27)19-6-3-2-5-17(19)21/h2-3,5-8,11-12,24H,4,9-10,13H2,1H3,(H,22,25). The number of sulfonamides is 1. The second-order valence-electron chi connectivity index (χ2n) is 6.56. The number of nitrogens with zero attached hydrogens (tertiary/aromatic N) is 1. The number of benzene rings is 2. The number of pyridine rings is 1. The molecule has 28 heavy (non-hydrogen) atoms. The van der Waals surface area contributed by atoms with Crippen LogP contribution in [0.25, 0.3) is 10.9 Å². The van der Waals surface area contributed by atoms with Crippen molar-refractivity contribution in [3.8, 4) is 0 Å². The number of hydrogen-bond acceptors (Lipinski definition) is 4. The molecular weight excluding hydrogens is 383 g/mol. The van der Waals surface area contributed by atoms with Gasteiger partial charge in [-0.3, -0.25) is 4.79 Å². The average Bonchev–Trinajstić information content (AvgIpc) is 2.65. The van der Waals surface area contributed by atoms with Crippen molar-refractivity contribution in [1.29, 1.82) is 0 Å². The third-order valence-corrected chi connectivity index (χ3v) is 6.32. The molecule has 0 unspecified atom stereocenters. The third kappa shape index (κ3) is 4.14. The van der Waals surface area contributed by atoms with Crippen LogP contribution in [0.3, 0.4) is 0 Å². The van der Waals surface area contributed by atoms with Crippen LogP contribution < -0.4 is 5.56 Å². The van der Waals surface area contributed by atoms with Gasteiger partial charge in [-0.05, 0) is 48.6 Å². The zero-order valence-electron chi connectivity index (χ0n) is 15.4. The topological polar surface area (TPSA) is 90.5 Å². The van der Waals surface area contributed by atoms with Crippen LogP contribution in [0, 0.1) is 12.7 Å². The molecule has 0 aliphatic carbocycles. The van der Waals surface area contributed by atoms with Crippen LogP contribution in [-0.2, 0) is 16.6 Å². The molecule has 1 aromatic heterocycles. The first-order valence-electron chi connectivity index (χ1n) is 8.81.